The molecule has 0 bridgehead atoms. The fourth-order valence-electron chi connectivity index (χ4n) is 2.88. The number of hydrogen-bond donors (Lipinski definition) is 2. The molecule has 0 amide bonds. The van der Waals surface area contributed by atoms with E-state index in [0.717, 1.165) is 17.0 Å². The first-order chi connectivity index (χ1) is 15.6. The Bertz CT molecular complexity index is 1220. The molecule has 2 heterocycles. The van der Waals surface area contributed by atoms with Gasteiger partial charge in [-0.15, -0.1) is 10.2 Å². The fraction of sp³-hybridized carbons (Fsp3) is 0.182. The highest BCUT2D eigenvalue weighted by Gasteiger charge is 2.12. The number of ether oxygens (including phenoxy) is 1. The number of hydrogen-bond acceptors (Lipinski definition) is 10. The summed E-state index contributed by atoms with van der Waals surface area (Å²) in [5, 5.41) is 12.2. The number of esters is 1. The number of fused-ring (bicyclic) bond motifs is 1. The van der Waals surface area contributed by atoms with Gasteiger partial charge in [-0.05, 0) is 36.8 Å². The van der Waals surface area contributed by atoms with E-state index in [1.165, 1.54) is 11.8 Å². The van der Waals surface area contributed by atoms with Gasteiger partial charge in [0, 0.05) is 11.4 Å². The highest BCUT2D eigenvalue weighted by molar-refractivity contribution is 7.98. The number of aromatic nitrogens is 5. The molecule has 2 aromatic carbocycles. The lowest BCUT2D eigenvalue weighted by atomic mass is 10.2. The zero-order valence-electron chi connectivity index (χ0n) is 17.4. The van der Waals surface area contributed by atoms with E-state index in [2.05, 4.69) is 42.6 Å². The third kappa shape index (κ3) is 5.27. The number of benzene rings is 2. The monoisotopic (exact) mass is 447 g/mol. The lowest BCUT2D eigenvalue weighted by Gasteiger charge is -2.08. The molecule has 2 aromatic heterocycles. The van der Waals surface area contributed by atoms with Gasteiger partial charge in [0.15, 0.2) is 5.82 Å². The summed E-state index contributed by atoms with van der Waals surface area (Å²) in [5.41, 5.74) is 9.23. The predicted molar refractivity (Wildman–Crippen MR) is 123 cm³/mol. The summed E-state index contributed by atoms with van der Waals surface area (Å²) >= 11 is 1.52. The lowest BCUT2D eigenvalue weighted by Crippen LogP contribution is -2.09. The summed E-state index contributed by atoms with van der Waals surface area (Å²) in [6, 6.07) is 17.1. The number of nitrogens with two attached hydrogens (primary N) is 1. The van der Waals surface area contributed by atoms with Crippen molar-refractivity contribution in [3.05, 3.63) is 71.5 Å². The van der Waals surface area contributed by atoms with Crippen molar-refractivity contribution in [3.63, 3.8) is 0 Å². The van der Waals surface area contributed by atoms with Crippen molar-refractivity contribution in [2.75, 3.05) is 17.7 Å². The van der Waals surface area contributed by atoms with Crippen LogP contribution < -0.4 is 11.1 Å². The quantitative estimate of drug-likeness (QED) is 0.235. The van der Waals surface area contributed by atoms with Gasteiger partial charge in [0.05, 0.1) is 18.7 Å². The van der Waals surface area contributed by atoms with Gasteiger partial charge >= 0.3 is 5.97 Å². The van der Waals surface area contributed by atoms with Crippen molar-refractivity contribution >= 4 is 40.5 Å². The van der Waals surface area contributed by atoms with Crippen LogP contribution in [0.5, 0.6) is 0 Å². The van der Waals surface area contributed by atoms with Gasteiger partial charge in [-0.1, -0.05) is 42.1 Å². The molecule has 0 aliphatic heterocycles. The van der Waals surface area contributed by atoms with E-state index in [0.29, 0.717) is 40.7 Å². The number of rotatable bonds is 8. The molecule has 0 aliphatic carbocycles. The van der Waals surface area contributed by atoms with Gasteiger partial charge in [0.2, 0.25) is 11.6 Å². The third-order valence-corrected chi connectivity index (χ3v) is 5.45. The summed E-state index contributed by atoms with van der Waals surface area (Å²) in [4.78, 5) is 24.9. The van der Waals surface area contributed by atoms with Crippen molar-refractivity contribution in [2.45, 2.75) is 24.2 Å². The molecular weight excluding hydrogens is 426 g/mol. The summed E-state index contributed by atoms with van der Waals surface area (Å²) in [7, 11) is 0. The van der Waals surface area contributed by atoms with E-state index >= 15 is 0 Å². The molecule has 0 aliphatic rings. The zero-order valence-corrected chi connectivity index (χ0v) is 18.2. The van der Waals surface area contributed by atoms with Gasteiger partial charge in [-0.3, -0.25) is 0 Å². The summed E-state index contributed by atoms with van der Waals surface area (Å²) in [6.45, 7) is 2.46. The number of nitrogens with one attached hydrogen (secondary N) is 1. The van der Waals surface area contributed by atoms with Crippen LogP contribution in [0.4, 0.5) is 11.6 Å². The average molecular weight is 448 g/mol. The minimum absolute atomic E-state index is 0.136. The average Bonchev–Trinajstić information content (AvgIpc) is 2.82. The molecular formula is C22H21N7O2S. The SMILES string of the molecule is CCOC(=O)c1ccc(NCc2nnc3nc(N)nc(SCc4ccccc4)c3n2)cc1. The molecule has 0 fully saturated rings. The van der Waals surface area contributed by atoms with Gasteiger partial charge in [-0.25, -0.2) is 14.8 Å². The molecule has 4 aromatic rings. The number of carbonyl (C=O) groups excluding carboxylic acids is 1. The summed E-state index contributed by atoms with van der Waals surface area (Å²) < 4.78 is 5.00. The number of anilines is 2. The Morgan fingerprint density at radius 2 is 1.81 bits per heavy atom. The predicted octanol–water partition coefficient (Wildman–Crippen LogP) is 3.48. The molecule has 0 saturated heterocycles. The first-order valence-electron chi connectivity index (χ1n) is 9.97. The van der Waals surface area contributed by atoms with E-state index in [1.54, 1.807) is 31.2 Å². The van der Waals surface area contributed by atoms with E-state index in [4.69, 9.17) is 10.5 Å². The van der Waals surface area contributed by atoms with E-state index in [-0.39, 0.29) is 11.9 Å². The zero-order chi connectivity index (χ0) is 22.3. The molecule has 4 rings (SSSR count). The van der Waals surface area contributed by atoms with Crippen LogP contribution in [0.25, 0.3) is 11.2 Å². The van der Waals surface area contributed by atoms with Crippen LogP contribution in [-0.2, 0) is 17.0 Å². The third-order valence-electron chi connectivity index (χ3n) is 4.42. The molecule has 0 atom stereocenters. The molecule has 3 N–H and O–H groups in total. The van der Waals surface area contributed by atoms with Crippen LogP contribution in [-0.4, -0.2) is 37.7 Å². The Hall–Kier alpha value is -3.79. The minimum Gasteiger partial charge on any atom is -0.462 e. The largest absolute Gasteiger partial charge is 0.462 e. The van der Waals surface area contributed by atoms with Crippen molar-refractivity contribution in [1.82, 2.24) is 25.1 Å². The Balaban J connectivity index is 1.48. The minimum atomic E-state index is -0.346. The molecule has 0 spiro atoms. The molecule has 9 nitrogen and oxygen atoms in total. The Morgan fingerprint density at radius 3 is 2.56 bits per heavy atom. The van der Waals surface area contributed by atoms with Crippen LogP contribution in [0.1, 0.15) is 28.7 Å². The van der Waals surface area contributed by atoms with E-state index in [9.17, 15) is 4.79 Å². The van der Waals surface area contributed by atoms with Gasteiger partial charge < -0.3 is 15.8 Å². The molecule has 162 valence electrons. The van der Waals surface area contributed by atoms with E-state index in [1.807, 2.05) is 18.2 Å². The second kappa shape index (κ2) is 10.0. The van der Waals surface area contributed by atoms with Crippen LogP contribution in [0.2, 0.25) is 0 Å². The summed E-state index contributed by atoms with van der Waals surface area (Å²) in [5.74, 6) is 0.996. The Kier molecular flexibility index (Phi) is 6.71. The standard InChI is InChI=1S/C22H21N7O2S/c1-2-31-21(30)15-8-10-16(11-9-15)24-12-17-25-18-19(29-28-17)26-22(23)27-20(18)32-13-14-6-4-3-5-7-14/h3-11,24H,2,12-13H2,1H3,(H2,23,26,27,29). The molecule has 0 saturated carbocycles. The second-order valence-corrected chi connectivity index (χ2v) is 7.68. The topological polar surface area (TPSA) is 129 Å². The maximum Gasteiger partial charge on any atom is 0.338 e. The van der Waals surface area contributed by atoms with Gasteiger partial charge in [-0.2, -0.15) is 4.98 Å². The normalized spacial score (nSPS) is 10.8. The number of thioether (sulfide) groups is 1. The Labute approximate surface area is 188 Å². The molecule has 32 heavy (non-hydrogen) atoms. The highest BCUT2D eigenvalue weighted by atomic mass is 32.2. The van der Waals surface area contributed by atoms with Crippen molar-refractivity contribution in [1.29, 1.82) is 0 Å². The molecule has 0 unspecified atom stereocenters. The number of nitrogens with zero attached hydrogens (tertiary/aromatic N) is 5. The van der Waals surface area contributed by atoms with Crippen molar-refractivity contribution < 1.29 is 9.53 Å². The van der Waals surface area contributed by atoms with Crippen LogP contribution in [0, 0.1) is 0 Å². The van der Waals surface area contributed by atoms with Crippen molar-refractivity contribution in [2.24, 2.45) is 0 Å². The highest BCUT2D eigenvalue weighted by Crippen LogP contribution is 2.26. The van der Waals surface area contributed by atoms with Crippen LogP contribution in [0.3, 0.4) is 0 Å². The van der Waals surface area contributed by atoms with Crippen LogP contribution >= 0.6 is 11.8 Å². The smallest absolute Gasteiger partial charge is 0.338 e. The molecule has 10 heteroatoms. The molecule has 0 radical (unpaired) electrons. The fourth-order valence-corrected chi connectivity index (χ4v) is 3.81. The first-order valence-corrected chi connectivity index (χ1v) is 11.0. The van der Waals surface area contributed by atoms with Gasteiger partial charge in [0.25, 0.3) is 0 Å². The first kappa shape index (κ1) is 21.4. The van der Waals surface area contributed by atoms with Crippen molar-refractivity contribution in [3.8, 4) is 0 Å². The Morgan fingerprint density at radius 1 is 1.03 bits per heavy atom. The maximum atomic E-state index is 11.8. The van der Waals surface area contributed by atoms with Gasteiger partial charge in [0.1, 0.15) is 10.5 Å². The van der Waals surface area contributed by atoms with E-state index < -0.39 is 0 Å². The second-order valence-electron chi connectivity index (χ2n) is 6.71. The number of nitrogen functional groups attached to an aromatic ring is 1. The summed E-state index contributed by atoms with van der Waals surface area (Å²) in [6.07, 6.45) is 0. The maximum absolute atomic E-state index is 11.8. The lowest BCUT2D eigenvalue weighted by molar-refractivity contribution is 0.0526. The number of carbonyl (C=O) groups is 1. The van der Waals surface area contributed by atoms with Crippen LogP contribution in [0.15, 0.2) is 59.6 Å².